The largest absolute Gasteiger partial charge is 0.481 e. The number of ether oxygens (including phenoxy) is 1. The van der Waals surface area contributed by atoms with Gasteiger partial charge in [-0.3, -0.25) is 4.79 Å². The van der Waals surface area contributed by atoms with Crippen LogP contribution in [-0.4, -0.2) is 66.8 Å². The van der Waals surface area contributed by atoms with Crippen molar-refractivity contribution in [1.82, 2.24) is 9.80 Å². The van der Waals surface area contributed by atoms with Crippen molar-refractivity contribution in [3.05, 3.63) is 0 Å². The Bertz CT molecular complexity index is 309. The summed E-state index contributed by atoms with van der Waals surface area (Å²) in [5.41, 5.74) is 0. The fourth-order valence-electron chi connectivity index (χ4n) is 2.36. The van der Waals surface area contributed by atoms with E-state index in [-0.39, 0.29) is 12.5 Å². The molecule has 0 aromatic heterocycles. The summed E-state index contributed by atoms with van der Waals surface area (Å²) in [6.45, 7) is 5.16. The van der Waals surface area contributed by atoms with Crippen molar-refractivity contribution in [2.45, 2.75) is 26.2 Å². The van der Waals surface area contributed by atoms with E-state index in [0.717, 1.165) is 13.0 Å². The molecule has 1 aliphatic heterocycles. The number of nitrogens with zero attached hydrogens (tertiary/aromatic N) is 2. The van der Waals surface area contributed by atoms with Crippen LogP contribution in [0.2, 0.25) is 0 Å². The number of carboxylic acid groups (broad SMARTS) is 1. The first-order valence-electron chi connectivity index (χ1n) is 6.83. The number of rotatable bonds is 7. The minimum absolute atomic E-state index is 0.0392. The second kappa shape index (κ2) is 7.99. The molecule has 1 heterocycles. The third-order valence-corrected chi connectivity index (χ3v) is 3.54. The zero-order valence-electron chi connectivity index (χ0n) is 11.8. The average Bonchev–Trinajstić information content (AvgIpc) is 2.85. The lowest BCUT2D eigenvalue weighted by Gasteiger charge is -2.27. The molecular formula is C13H24N2O4. The van der Waals surface area contributed by atoms with E-state index in [1.54, 1.807) is 12.0 Å². The van der Waals surface area contributed by atoms with Gasteiger partial charge in [0.15, 0.2) is 0 Å². The van der Waals surface area contributed by atoms with Gasteiger partial charge in [0.2, 0.25) is 0 Å². The van der Waals surface area contributed by atoms with Crippen molar-refractivity contribution in [1.29, 1.82) is 0 Å². The quantitative estimate of drug-likeness (QED) is 0.757. The third-order valence-electron chi connectivity index (χ3n) is 3.54. The highest BCUT2D eigenvalue weighted by Gasteiger charge is 2.28. The first kappa shape index (κ1) is 15.8. The van der Waals surface area contributed by atoms with E-state index < -0.39 is 5.97 Å². The van der Waals surface area contributed by atoms with Crippen LogP contribution < -0.4 is 0 Å². The minimum atomic E-state index is -0.764. The highest BCUT2D eigenvalue weighted by Crippen LogP contribution is 2.22. The zero-order chi connectivity index (χ0) is 14.3. The molecule has 6 nitrogen and oxygen atoms in total. The van der Waals surface area contributed by atoms with Crippen LogP contribution in [0.25, 0.3) is 0 Å². The van der Waals surface area contributed by atoms with E-state index >= 15 is 0 Å². The van der Waals surface area contributed by atoms with Gasteiger partial charge in [-0.25, -0.2) is 4.79 Å². The number of urea groups is 1. The summed E-state index contributed by atoms with van der Waals surface area (Å²) in [5, 5.41) is 8.67. The van der Waals surface area contributed by atoms with E-state index in [9.17, 15) is 9.59 Å². The molecule has 1 rings (SSSR count). The van der Waals surface area contributed by atoms with Crippen molar-refractivity contribution in [3.63, 3.8) is 0 Å². The number of amides is 2. The molecule has 0 aromatic rings. The van der Waals surface area contributed by atoms with Gasteiger partial charge in [-0.05, 0) is 25.7 Å². The molecule has 1 unspecified atom stereocenters. The van der Waals surface area contributed by atoms with Crippen LogP contribution in [-0.2, 0) is 9.53 Å². The summed E-state index contributed by atoms with van der Waals surface area (Å²) >= 11 is 0. The van der Waals surface area contributed by atoms with Gasteiger partial charge in [0.1, 0.15) is 0 Å². The predicted molar refractivity (Wildman–Crippen MR) is 71.1 cm³/mol. The lowest BCUT2D eigenvalue weighted by atomic mass is 10.0. The lowest BCUT2D eigenvalue weighted by Crippen LogP contribution is -2.43. The maximum absolute atomic E-state index is 12.2. The zero-order valence-corrected chi connectivity index (χ0v) is 11.8. The summed E-state index contributed by atoms with van der Waals surface area (Å²) in [6, 6.07) is 0.0392. The highest BCUT2D eigenvalue weighted by atomic mass is 16.5. The van der Waals surface area contributed by atoms with E-state index in [1.165, 1.54) is 0 Å². The van der Waals surface area contributed by atoms with Crippen LogP contribution >= 0.6 is 0 Å². The number of carbonyl (C=O) groups is 2. The molecule has 19 heavy (non-hydrogen) atoms. The van der Waals surface area contributed by atoms with Crippen LogP contribution in [0.4, 0.5) is 4.79 Å². The van der Waals surface area contributed by atoms with E-state index in [1.807, 2.05) is 11.8 Å². The maximum atomic E-state index is 12.2. The molecule has 0 spiro atoms. The van der Waals surface area contributed by atoms with Gasteiger partial charge in [0.25, 0.3) is 0 Å². The molecule has 0 bridgehead atoms. The fraction of sp³-hybridized carbons (Fsp3) is 0.846. The van der Waals surface area contributed by atoms with Gasteiger partial charge < -0.3 is 19.6 Å². The number of hydrogen-bond donors (Lipinski definition) is 1. The van der Waals surface area contributed by atoms with Gasteiger partial charge in [0, 0.05) is 39.7 Å². The topological polar surface area (TPSA) is 70.1 Å². The molecule has 1 saturated heterocycles. The van der Waals surface area contributed by atoms with Crippen molar-refractivity contribution in [2.75, 3.05) is 39.9 Å². The van der Waals surface area contributed by atoms with Crippen LogP contribution in [0, 0.1) is 5.92 Å². The summed E-state index contributed by atoms with van der Waals surface area (Å²) in [5.74, 6) is -0.443. The van der Waals surface area contributed by atoms with Crippen molar-refractivity contribution >= 4 is 12.0 Å². The Morgan fingerprint density at radius 1 is 1.47 bits per heavy atom. The van der Waals surface area contributed by atoms with Crippen LogP contribution in [0.3, 0.4) is 0 Å². The van der Waals surface area contributed by atoms with Gasteiger partial charge in [0.05, 0.1) is 6.61 Å². The number of hydrogen-bond acceptors (Lipinski definition) is 3. The maximum Gasteiger partial charge on any atom is 0.320 e. The average molecular weight is 272 g/mol. The van der Waals surface area contributed by atoms with Gasteiger partial charge in [-0.1, -0.05) is 0 Å². The number of carbonyl (C=O) groups excluding carboxylic acids is 1. The van der Waals surface area contributed by atoms with E-state index in [2.05, 4.69) is 0 Å². The molecule has 0 saturated carbocycles. The van der Waals surface area contributed by atoms with Gasteiger partial charge in [-0.15, -0.1) is 0 Å². The van der Waals surface area contributed by atoms with Crippen molar-refractivity contribution in [2.24, 2.45) is 5.92 Å². The lowest BCUT2D eigenvalue weighted by molar-refractivity contribution is -0.137. The Labute approximate surface area is 114 Å². The van der Waals surface area contributed by atoms with Crippen molar-refractivity contribution in [3.8, 4) is 0 Å². The Hall–Kier alpha value is -1.30. The van der Waals surface area contributed by atoms with Gasteiger partial charge in [-0.2, -0.15) is 0 Å². The Kier molecular flexibility index (Phi) is 6.62. The molecule has 0 aromatic carbocycles. The van der Waals surface area contributed by atoms with Crippen LogP contribution in [0.15, 0.2) is 0 Å². The molecule has 0 aliphatic carbocycles. The summed E-state index contributed by atoms with van der Waals surface area (Å²) in [6.07, 6.45) is 1.75. The Morgan fingerprint density at radius 3 is 2.79 bits per heavy atom. The second-order valence-corrected chi connectivity index (χ2v) is 4.89. The molecule has 6 heteroatoms. The Balaban J connectivity index is 2.39. The first-order chi connectivity index (χ1) is 9.08. The molecule has 110 valence electrons. The van der Waals surface area contributed by atoms with Crippen LogP contribution in [0.5, 0.6) is 0 Å². The van der Waals surface area contributed by atoms with E-state index in [0.29, 0.717) is 38.6 Å². The molecule has 1 N–H and O–H groups in total. The molecule has 0 radical (unpaired) electrons. The number of likely N-dealkylation sites (tertiary alicyclic amines) is 1. The summed E-state index contributed by atoms with van der Waals surface area (Å²) < 4.78 is 5.00. The van der Waals surface area contributed by atoms with Gasteiger partial charge >= 0.3 is 12.0 Å². The standard InChI is InChI=1S/C13H24N2O4/c1-3-14(8-9-19-2)13(18)15-7-6-11(10-15)4-5-12(16)17/h11H,3-10H2,1-2H3,(H,16,17). The summed E-state index contributed by atoms with van der Waals surface area (Å²) in [7, 11) is 1.62. The minimum Gasteiger partial charge on any atom is -0.481 e. The van der Waals surface area contributed by atoms with Crippen LogP contribution in [0.1, 0.15) is 26.2 Å². The molecular weight excluding hydrogens is 248 g/mol. The first-order valence-corrected chi connectivity index (χ1v) is 6.83. The monoisotopic (exact) mass is 272 g/mol. The predicted octanol–water partition coefficient (Wildman–Crippen LogP) is 1.26. The number of aliphatic carboxylic acids is 1. The highest BCUT2D eigenvalue weighted by molar-refractivity contribution is 5.74. The molecule has 1 aliphatic rings. The normalized spacial score (nSPS) is 18.6. The summed E-state index contributed by atoms with van der Waals surface area (Å²) in [4.78, 5) is 26.4. The number of likely N-dealkylation sites (N-methyl/N-ethyl adjacent to an activating group) is 1. The Morgan fingerprint density at radius 2 is 2.21 bits per heavy atom. The van der Waals surface area contributed by atoms with Crippen molar-refractivity contribution < 1.29 is 19.4 Å². The number of methoxy groups -OCH3 is 1. The fourth-order valence-corrected chi connectivity index (χ4v) is 2.36. The molecule has 1 atom stereocenters. The van der Waals surface area contributed by atoms with E-state index in [4.69, 9.17) is 9.84 Å². The molecule has 1 fully saturated rings. The third kappa shape index (κ3) is 5.06. The number of carboxylic acids is 1. The smallest absolute Gasteiger partial charge is 0.320 e. The SMILES string of the molecule is CCN(CCOC)C(=O)N1CCC(CCC(=O)O)C1. The second-order valence-electron chi connectivity index (χ2n) is 4.89. The molecule has 2 amide bonds.